The number of thioether (sulfide) groups is 1. The molecule has 2 aromatic rings. The van der Waals surface area contributed by atoms with Crippen LogP contribution in [0.3, 0.4) is 0 Å². The first kappa shape index (κ1) is 13.1. The van der Waals surface area contributed by atoms with E-state index < -0.39 is 0 Å². The molecule has 0 saturated heterocycles. The predicted octanol–water partition coefficient (Wildman–Crippen LogP) is 2.49. The van der Waals surface area contributed by atoms with Crippen molar-refractivity contribution in [2.24, 2.45) is 0 Å². The number of nitrogens with two attached hydrogens (primary N) is 1. The molecule has 1 aromatic heterocycles. The number of hydrogen-bond donors (Lipinski definition) is 1. The molecule has 0 saturated carbocycles. The van der Waals surface area contributed by atoms with Gasteiger partial charge in [-0.05, 0) is 18.2 Å². The van der Waals surface area contributed by atoms with Crippen molar-refractivity contribution in [2.75, 3.05) is 20.0 Å². The molecule has 3 rings (SSSR count). The van der Waals surface area contributed by atoms with Gasteiger partial charge in [0.05, 0.1) is 25.5 Å². The highest BCUT2D eigenvalue weighted by molar-refractivity contribution is 7.98. The second-order valence-corrected chi connectivity index (χ2v) is 5.40. The number of nitrogens with zero attached hydrogens (tertiary/aromatic N) is 2. The van der Waals surface area contributed by atoms with Gasteiger partial charge in [-0.15, -0.1) is 0 Å². The van der Waals surface area contributed by atoms with E-state index in [1.165, 1.54) is 0 Å². The fourth-order valence-corrected chi connectivity index (χ4v) is 3.24. The summed E-state index contributed by atoms with van der Waals surface area (Å²) in [5.74, 6) is 4.34. The number of aromatic nitrogens is 2. The molecule has 0 aliphatic carbocycles. The molecule has 1 aliphatic rings. The number of nitrogen functional groups attached to an aromatic ring is 1. The number of fused-ring (bicyclic) bond motifs is 1. The first-order chi connectivity index (χ1) is 9.72. The highest BCUT2D eigenvalue weighted by Gasteiger charge is 2.20. The Bertz CT molecular complexity index is 661. The Labute approximate surface area is 121 Å². The molecule has 0 radical (unpaired) electrons. The Morgan fingerprint density at radius 2 is 2.00 bits per heavy atom. The molecular formula is C14H15N3O2S. The van der Waals surface area contributed by atoms with Crippen LogP contribution in [0.4, 0.5) is 5.82 Å². The Kier molecular flexibility index (Phi) is 3.40. The van der Waals surface area contributed by atoms with Gasteiger partial charge in [0.2, 0.25) is 0 Å². The molecular weight excluding hydrogens is 274 g/mol. The lowest BCUT2D eigenvalue weighted by Crippen LogP contribution is -2.03. The molecule has 0 amide bonds. The molecule has 0 spiro atoms. The number of ether oxygens (including phenoxy) is 2. The molecule has 2 N–H and O–H groups in total. The van der Waals surface area contributed by atoms with Gasteiger partial charge in [-0.3, -0.25) is 0 Å². The Morgan fingerprint density at radius 1 is 1.15 bits per heavy atom. The zero-order valence-corrected chi connectivity index (χ0v) is 12.2. The summed E-state index contributed by atoms with van der Waals surface area (Å²) >= 11 is 1.80. The van der Waals surface area contributed by atoms with Crippen LogP contribution in [-0.2, 0) is 11.5 Å². The molecule has 2 heterocycles. The van der Waals surface area contributed by atoms with Crippen LogP contribution in [0.25, 0.3) is 11.4 Å². The van der Waals surface area contributed by atoms with Crippen LogP contribution >= 0.6 is 11.8 Å². The highest BCUT2D eigenvalue weighted by Crippen LogP contribution is 2.36. The largest absolute Gasteiger partial charge is 0.497 e. The summed E-state index contributed by atoms with van der Waals surface area (Å²) in [6, 6.07) is 5.55. The van der Waals surface area contributed by atoms with Crippen LogP contribution in [0.15, 0.2) is 18.2 Å². The van der Waals surface area contributed by atoms with E-state index in [0.717, 1.165) is 34.1 Å². The van der Waals surface area contributed by atoms with Crippen LogP contribution in [-0.4, -0.2) is 24.2 Å². The topological polar surface area (TPSA) is 70.3 Å². The zero-order valence-electron chi connectivity index (χ0n) is 11.3. The monoisotopic (exact) mass is 289 g/mol. The summed E-state index contributed by atoms with van der Waals surface area (Å²) in [6.07, 6.45) is 0. The van der Waals surface area contributed by atoms with Crippen LogP contribution in [0.5, 0.6) is 11.5 Å². The fourth-order valence-electron chi connectivity index (χ4n) is 2.19. The molecule has 0 unspecified atom stereocenters. The van der Waals surface area contributed by atoms with Crippen LogP contribution in [0.2, 0.25) is 0 Å². The van der Waals surface area contributed by atoms with E-state index in [0.29, 0.717) is 17.4 Å². The average Bonchev–Trinajstić information content (AvgIpc) is 2.95. The van der Waals surface area contributed by atoms with Gasteiger partial charge < -0.3 is 15.2 Å². The van der Waals surface area contributed by atoms with E-state index >= 15 is 0 Å². The predicted molar refractivity (Wildman–Crippen MR) is 80.0 cm³/mol. The van der Waals surface area contributed by atoms with Crippen LogP contribution in [0.1, 0.15) is 11.3 Å². The fraction of sp³-hybridized carbons (Fsp3) is 0.286. The minimum atomic E-state index is 0.555. The molecule has 1 aliphatic heterocycles. The molecule has 0 bridgehead atoms. The molecule has 1 aromatic carbocycles. The minimum Gasteiger partial charge on any atom is -0.497 e. The maximum Gasteiger partial charge on any atom is 0.165 e. The van der Waals surface area contributed by atoms with Gasteiger partial charge >= 0.3 is 0 Å². The summed E-state index contributed by atoms with van der Waals surface area (Å²) in [7, 11) is 3.25. The quantitative estimate of drug-likeness (QED) is 0.936. The molecule has 6 heteroatoms. The third kappa shape index (κ3) is 2.16. The Balaban J connectivity index is 2.15. The Hall–Kier alpha value is -1.95. The van der Waals surface area contributed by atoms with Crippen molar-refractivity contribution in [3.8, 4) is 22.9 Å². The maximum atomic E-state index is 6.04. The van der Waals surface area contributed by atoms with Gasteiger partial charge in [0.15, 0.2) is 5.82 Å². The van der Waals surface area contributed by atoms with Crippen molar-refractivity contribution in [1.29, 1.82) is 0 Å². The lowest BCUT2D eigenvalue weighted by molar-refractivity contribution is 0.404. The number of benzene rings is 1. The molecule has 0 fully saturated rings. The molecule has 0 atom stereocenters. The lowest BCUT2D eigenvalue weighted by Gasteiger charge is -2.11. The van der Waals surface area contributed by atoms with Gasteiger partial charge in [-0.25, -0.2) is 9.97 Å². The van der Waals surface area contributed by atoms with Gasteiger partial charge in [0, 0.05) is 17.1 Å². The number of anilines is 1. The van der Waals surface area contributed by atoms with E-state index in [9.17, 15) is 0 Å². The second-order valence-electron chi connectivity index (χ2n) is 4.42. The van der Waals surface area contributed by atoms with Gasteiger partial charge in [-0.1, -0.05) is 0 Å². The van der Waals surface area contributed by atoms with Crippen molar-refractivity contribution in [3.05, 3.63) is 29.5 Å². The van der Waals surface area contributed by atoms with Crippen molar-refractivity contribution in [2.45, 2.75) is 11.5 Å². The minimum absolute atomic E-state index is 0.555. The van der Waals surface area contributed by atoms with Crippen LogP contribution < -0.4 is 15.2 Å². The van der Waals surface area contributed by atoms with Crippen LogP contribution in [0, 0.1) is 0 Å². The smallest absolute Gasteiger partial charge is 0.165 e. The first-order valence-electron chi connectivity index (χ1n) is 6.18. The van der Waals surface area contributed by atoms with E-state index in [1.54, 1.807) is 26.0 Å². The molecule has 20 heavy (non-hydrogen) atoms. The number of hydrogen-bond acceptors (Lipinski definition) is 6. The summed E-state index contributed by atoms with van der Waals surface area (Å²) < 4.78 is 10.6. The third-order valence-electron chi connectivity index (χ3n) is 3.26. The maximum absolute atomic E-state index is 6.04. The number of rotatable bonds is 3. The molecule has 5 nitrogen and oxygen atoms in total. The number of methoxy groups -OCH3 is 2. The lowest BCUT2D eigenvalue weighted by atomic mass is 10.1. The van der Waals surface area contributed by atoms with Crippen molar-refractivity contribution >= 4 is 17.6 Å². The van der Waals surface area contributed by atoms with Crippen molar-refractivity contribution < 1.29 is 9.47 Å². The van der Waals surface area contributed by atoms with Gasteiger partial charge in [-0.2, -0.15) is 11.8 Å². The highest BCUT2D eigenvalue weighted by atomic mass is 32.2. The Morgan fingerprint density at radius 3 is 2.75 bits per heavy atom. The van der Waals surface area contributed by atoms with E-state index in [4.69, 9.17) is 15.2 Å². The van der Waals surface area contributed by atoms with Gasteiger partial charge in [0.25, 0.3) is 0 Å². The van der Waals surface area contributed by atoms with E-state index in [2.05, 4.69) is 9.97 Å². The summed E-state index contributed by atoms with van der Waals surface area (Å²) in [5.41, 5.74) is 8.90. The normalized spacial score (nSPS) is 13.1. The van der Waals surface area contributed by atoms with Crippen molar-refractivity contribution in [3.63, 3.8) is 0 Å². The summed E-state index contributed by atoms with van der Waals surface area (Å²) in [6.45, 7) is 0. The molecule has 104 valence electrons. The van der Waals surface area contributed by atoms with E-state index in [1.807, 2.05) is 18.2 Å². The summed E-state index contributed by atoms with van der Waals surface area (Å²) in [4.78, 5) is 9.04. The van der Waals surface area contributed by atoms with Gasteiger partial charge in [0.1, 0.15) is 17.3 Å². The SMILES string of the molecule is COc1ccc(OC)c(-c2nc(N)c3c(n2)CSC3)c1. The first-order valence-corrected chi connectivity index (χ1v) is 7.34. The summed E-state index contributed by atoms with van der Waals surface area (Å²) in [5, 5.41) is 0. The average molecular weight is 289 g/mol. The van der Waals surface area contributed by atoms with Crippen molar-refractivity contribution in [1.82, 2.24) is 9.97 Å². The zero-order chi connectivity index (χ0) is 14.1. The van der Waals surface area contributed by atoms with E-state index in [-0.39, 0.29) is 0 Å². The second kappa shape index (κ2) is 5.20. The third-order valence-corrected chi connectivity index (χ3v) is 4.23. The standard InChI is InChI=1S/C14H15N3O2S/c1-18-8-3-4-12(19-2)9(5-8)14-16-11-7-20-6-10(11)13(15)17-14/h3-5H,6-7H2,1-2H3,(H2,15,16,17).